The smallest absolute Gasteiger partial charge is 0.351 e. The molecule has 0 fully saturated rings. The molecule has 170 valence electrons. The van der Waals surface area contributed by atoms with Crippen molar-refractivity contribution in [3.63, 3.8) is 0 Å². The van der Waals surface area contributed by atoms with Crippen LogP contribution in [-0.4, -0.2) is 36.4 Å². The average Bonchev–Trinajstić information content (AvgIpc) is 3.50. The van der Waals surface area contributed by atoms with Gasteiger partial charge in [0.2, 0.25) is 5.82 Å². The average molecular weight is 450 g/mol. The van der Waals surface area contributed by atoms with E-state index in [9.17, 15) is 14.4 Å². The molecule has 3 heterocycles. The molecule has 3 aromatic heterocycles. The van der Waals surface area contributed by atoms with Crippen molar-refractivity contribution < 1.29 is 13.7 Å². The molecule has 1 aromatic carbocycles. The molecule has 0 spiro atoms. The van der Waals surface area contributed by atoms with Crippen molar-refractivity contribution >= 4 is 5.91 Å². The number of nitrogens with one attached hydrogen (secondary N) is 1. The van der Waals surface area contributed by atoms with Gasteiger partial charge in [-0.1, -0.05) is 22.9 Å². The van der Waals surface area contributed by atoms with Crippen LogP contribution in [0.15, 0.2) is 61.2 Å². The first-order valence-corrected chi connectivity index (χ1v) is 10.3. The molecule has 0 saturated carbocycles. The van der Waals surface area contributed by atoms with Gasteiger partial charge in [-0.2, -0.15) is 14.8 Å². The highest BCUT2D eigenvalue weighted by atomic mass is 16.5. The zero-order valence-electron chi connectivity index (χ0n) is 18.3. The Morgan fingerprint density at radius 1 is 1.18 bits per heavy atom. The standard InChI is InChI=1S/C22H22N6O5/c1-13-6-9-15(10-7-13)28-22(31)27(3)21(30)17(25-28)18-24-20(33-26-18)19(29)23-14(2)8-11-16-5-4-12-32-16/h4-7,9-10,12,14H,8,11H2,1-3H3,(H,23,29). The molecule has 4 rings (SSSR count). The van der Waals surface area contributed by atoms with E-state index < -0.39 is 17.2 Å². The lowest BCUT2D eigenvalue weighted by atomic mass is 10.1. The number of hydrogen-bond donors (Lipinski definition) is 1. The van der Waals surface area contributed by atoms with Gasteiger partial charge in [0.25, 0.3) is 5.56 Å². The highest BCUT2D eigenvalue weighted by Crippen LogP contribution is 2.11. The van der Waals surface area contributed by atoms with E-state index in [0.29, 0.717) is 18.5 Å². The molecular weight excluding hydrogens is 428 g/mol. The molecule has 1 atom stereocenters. The Labute approximate surface area is 187 Å². The second-order valence-electron chi connectivity index (χ2n) is 7.66. The van der Waals surface area contributed by atoms with Gasteiger partial charge in [-0.05, 0) is 44.5 Å². The molecule has 4 aromatic rings. The van der Waals surface area contributed by atoms with E-state index in [-0.39, 0.29) is 23.5 Å². The number of carbonyl (C=O) groups excluding carboxylic acids is 1. The Morgan fingerprint density at radius 3 is 2.64 bits per heavy atom. The van der Waals surface area contributed by atoms with Crippen LogP contribution in [0, 0.1) is 6.92 Å². The third-order valence-corrected chi connectivity index (χ3v) is 5.07. The van der Waals surface area contributed by atoms with E-state index in [2.05, 4.69) is 20.6 Å². The molecule has 0 aliphatic heterocycles. The molecule has 0 bridgehead atoms. The van der Waals surface area contributed by atoms with Crippen LogP contribution in [0.25, 0.3) is 17.2 Å². The van der Waals surface area contributed by atoms with Crippen LogP contribution in [0.5, 0.6) is 0 Å². The van der Waals surface area contributed by atoms with Gasteiger partial charge in [-0.3, -0.25) is 14.2 Å². The summed E-state index contributed by atoms with van der Waals surface area (Å²) in [6.45, 7) is 3.75. The minimum atomic E-state index is -0.706. The molecule has 0 aliphatic carbocycles. The van der Waals surface area contributed by atoms with Gasteiger partial charge in [-0.15, -0.1) is 0 Å². The third kappa shape index (κ3) is 4.66. The Morgan fingerprint density at radius 2 is 1.94 bits per heavy atom. The van der Waals surface area contributed by atoms with Crippen LogP contribution >= 0.6 is 0 Å². The summed E-state index contributed by atoms with van der Waals surface area (Å²) in [4.78, 5) is 41.7. The highest BCUT2D eigenvalue weighted by molar-refractivity contribution is 5.90. The maximum absolute atomic E-state index is 12.6. The second kappa shape index (κ2) is 9.07. The predicted octanol–water partition coefficient (Wildman–Crippen LogP) is 1.63. The van der Waals surface area contributed by atoms with Gasteiger partial charge < -0.3 is 14.3 Å². The number of carbonyl (C=O) groups is 1. The van der Waals surface area contributed by atoms with Crippen LogP contribution in [0.3, 0.4) is 0 Å². The van der Waals surface area contributed by atoms with Crippen molar-refractivity contribution in [3.05, 3.63) is 80.7 Å². The van der Waals surface area contributed by atoms with Crippen molar-refractivity contribution in [2.24, 2.45) is 7.05 Å². The molecule has 1 unspecified atom stereocenters. The minimum Gasteiger partial charge on any atom is -0.469 e. The summed E-state index contributed by atoms with van der Waals surface area (Å²) in [5, 5.41) is 10.6. The van der Waals surface area contributed by atoms with Crippen molar-refractivity contribution in [1.29, 1.82) is 0 Å². The summed E-state index contributed by atoms with van der Waals surface area (Å²) in [7, 11) is 1.33. The van der Waals surface area contributed by atoms with E-state index >= 15 is 0 Å². The summed E-state index contributed by atoms with van der Waals surface area (Å²) < 4.78 is 12.3. The molecular formula is C22H22N6O5. The zero-order chi connectivity index (χ0) is 23.5. The normalized spacial score (nSPS) is 12.0. The molecule has 1 amide bonds. The first-order valence-electron chi connectivity index (χ1n) is 10.3. The number of benzene rings is 1. The zero-order valence-corrected chi connectivity index (χ0v) is 18.3. The second-order valence-corrected chi connectivity index (χ2v) is 7.66. The topological polar surface area (TPSA) is 138 Å². The number of amides is 1. The summed E-state index contributed by atoms with van der Waals surface area (Å²) in [6.07, 6.45) is 2.90. The lowest BCUT2D eigenvalue weighted by molar-refractivity contribution is 0.0893. The Kier molecular flexibility index (Phi) is 6.03. The number of furan rings is 1. The van der Waals surface area contributed by atoms with E-state index in [0.717, 1.165) is 20.6 Å². The highest BCUT2D eigenvalue weighted by Gasteiger charge is 2.22. The predicted molar refractivity (Wildman–Crippen MR) is 117 cm³/mol. The van der Waals surface area contributed by atoms with Crippen LogP contribution in [0.4, 0.5) is 0 Å². The van der Waals surface area contributed by atoms with Crippen LogP contribution in [0.1, 0.15) is 35.4 Å². The molecule has 1 N–H and O–H groups in total. The quantitative estimate of drug-likeness (QED) is 0.448. The number of rotatable bonds is 7. The molecule has 11 nitrogen and oxygen atoms in total. The first-order chi connectivity index (χ1) is 15.8. The number of hydrogen-bond acceptors (Lipinski definition) is 8. The maximum atomic E-state index is 12.6. The molecule has 11 heteroatoms. The molecule has 0 saturated heterocycles. The molecule has 0 aliphatic rings. The molecule has 33 heavy (non-hydrogen) atoms. The number of aryl methyl sites for hydroxylation is 2. The maximum Gasteiger partial charge on any atom is 0.351 e. The van der Waals surface area contributed by atoms with Gasteiger partial charge >= 0.3 is 17.5 Å². The lowest BCUT2D eigenvalue weighted by Crippen LogP contribution is -2.40. The summed E-state index contributed by atoms with van der Waals surface area (Å²) in [5.74, 6) is -0.261. The third-order valence-electron chi connectivity index (χ3n) is 5.07. The van der Waals surface area contributed by atoms with E-state index in [1.807, 2.05) is 32.0 Å². The largest absolute Gasteiger partial charge is 0.469 e. The fourth-order valence-corrected chi connectivity index (χ4v) is 3.15. The van der Waals surface area contributed by atoms with Gasteiger partial charge in [0.15, 0.2) is 5.69 Å². The van der Waals surface area contributed by atoms with E-state index in [1.165, 1.54) is 7.05 Å². The fourth-order valence-electron chi connectivity index (χ4n) is 3.15. The van der Waals surface area contributed by atoms with Gasteiger partial charge in [-0.25, -0.2) is 4.79 Å². The Balaban J connectivity index is 1.56. The fraction of sp³-hybridized carbons (Fsp3) is 0.273. The monoisotopic (exact) mass is 450 g/mol. The summed E-state index contributed by atoms with van der Waals surface area (Å²) in [6, 6.07) is 10.5. The summed E-state index contributed by atoms with van der Waals surface area (Å²) in [5.41, 5.74) is -0.0768. The van der Waals surface area contributed by atoms with Crippen LogP contribution in [0.2, 0.25) is 0 Å². The lowest BCUT2D eigenvalue weighted by Gasteiger charge is -2.10. The van der Waals surface area contributed by atoms with Crippen molar-refractivity contribution in [3.8, 4) is 17.2 Å². The SMILES string of the molecule is Cc1ccc(-n2nc(-c3noc(C(=O)NC(C)CCc4ccco4)n3)c(=O)n(C)c2=O)cc1. The van der Waals surface area contributed by atoms with Crippen molar-refractivity contribution in [2.75, 3.05) is 0 Å². The van der Waals surface area contributed by atoms with Crippen LogP contribution in [-0.2, 0) is 13.5 Å². The number of aromatic nitrogens is 5. The Hall–Kier alpha value is -4.28. The van der Waals surface area contributed by atoms with Crippen molar-refractivity contribution in [2.45, 2.75) is 32.7 Å². The number of nitrogens with zero attached hydrogens (tertiary/aromatic N) is 5. The summed E-state index contributed by atoms with van der Waals surface area (Å²) >= 11 is 0. The van der Waals surface area contributed by atoms with E-state index in [4.69, 9.17) is 8.94 Å². The molecule has 0 radical (unpaired) electrons. The van der Waals surface area contributed by atoms with Gasteiger partial charge in [0, 0.05) is 19.5 Å². The van der Waals surface area contributed by atoms with Crippen LogP contribution < -0.4 is 16.6 Å². The van der Waals surface area contributed by atoms with Gasteiger partial charge in [0.05, 0.1) is 12.0 Å². The van der Waals surface area contributed by atoms with E-state index in [1.54, 1.807) is 24.5 Å². The van der Waals surface area contributed by atoms with Crippen molar-refractivity contribution in [1.82, 2.24) is 29.8 Å². The first kappa shape index (κ1) is 21.9. The minimum absolute atomic E-state index is 0.188. The Bertz CT molecular complexity index is 1380. The van der Waals surface area contributed by atoms with Gasteiger partial charge in [0.1, 0.15) is 5.76 Å².